The average molecular weight is 318 g/mol. The molecule has 1 rings (SSSR count). The minimum Gasteiger partial charge on any atom is -0.480 e. The largest absolute Gasteiger partial charge is 0.480 e. The Morgan fingerprint density at radius 1 is 1.41 bits per heavy atom. The van der Waals surface area contributed by atoms with Gasteiger partial charge >= 0.3 is 5.97 Å². The Labute approximate surface area is 112 Å². The van der Waals surface area contributed by atoms with Gasteiger partial charge in [0.25, 0.3) is 0 Å². The summed E-state index contributed by atoms with van der Waals surface area (Å²) in [5.74, 6) is -1.11. The van der Waals surface area contributed by atoms with Crippen LogP contribution in [0.1, 0.15) is 6.92 Å². The highest BCUT2D eigenvalue weighted by Crippen LogP contribution is 2.20. The van der Waals surface area contributed by atoms with Crippen molar-refractivity contribution in [3.05, 3.63) is 28.7 Å². The van der Waals surface area contributed by atoms with Crippen molar-refractivity contribution in [1.82, 2.24) is 5.32 Å². The van der Waals surface area contributed by atoms with Crippen LogP contribution in [0.25, 0.3) is 0 Å². The van der Waals surface area contributed by atoms with Crippen LogP contribution in [-0.4, -0.2) is 28.8 Å². The van der Waals surface area contributed by atoms with E-state index in [0.29, 0.717) is 0 Å². The van der Waals surface area contributed by atoms with Gasteiger partial charge in [-0.05, 0) is 31.2 Å². The normalized spacial score (nSPS) is 11.9. The molecule has 0 aliphatic rings. The first-order valence-electron chi connectivity index (χ1n) is 4.89. The van der Waals surface area contributed by atoms with E-state index in [1.165, 1.54) is 18.7 Å². The summed E-state index contributed by atoms with van der Waals surface area (Å²) < 4.78 is 0.978. The maximum absolute atomic E-state index is 11.4. The van der Waals surface area contributed by atoms with Crippen molar-refractivity contribution in [2.24, 2.45) is 0 Å². The van der Waals surface area contributed by atoms with Gasteiger partial charge in [-0.1, -0.05) is 15.9 Å². The molecule has 0 saturated carbocycles. The third-order valence-electron chi connectivity index (χ3n) is 1.93. The Morgan fingerprint density at radius 2 is 2.00 bits per heavy atom. The molecule has 1 aromatic rings. The van der Waals surface area contributed by atoms with Crippen molar-refractivity contribution < 1.29 is 14.7 Å². The minimum absolute atomic E-state index is 0.208. The first-order valence-corrected chi connectivity index (χ1v) is 6.67. The molecule has 1 atom stereocenters. The van der Waals surface area contributed by atoms with Gasteiger partial charge in [0.1, 0.15) is 6.04 Å². The van der Waals surface area contributed by atoms with E-state index in [-0.39, 0.29) is 11.7 Å². The zero-order valence-corrected chi connectivity index (χ0v) is 11.5. The average Bonchev–Trinajstić information content (AvgIpc) is 2.28. The summed E-state index contributed by atoms with van der Waals surface area (Å²) in [4.78, 5) is 22.9. The highest BCUT2D eigenvalue weighted by Gasteiger charge is 2.13. The molecule has 0 spiro atoms. The summed E-state index contributed by atoms with van der Waals surface area (Å²) in [7, 11) is 0. The molecule has 1 amide bonds. The van der Waals surface area contributed by atoms with Crippen molar-refractivity contribution in [3.63, 3.8) is 0 Å². The fraction of sp³-hybridized carbons (Fsp3) is 0.273. The van der Waals surface area contributed by atoms with Crippen LogP contribution in [0.15, 0.2) is 33.6 Å². The van der Waals surface area contributed by atoms with Crippen LogP contribution >= 0.6 is 27.7 Å². The topological polar surface area (TPSA) is 66.4 Å². The number of hydrogen-bond donors (Lipinski definition) is 2. The quantitative estimate of drug-likeness (QED) is 0.816. The van der Waals surface area contributed by atoms with Gasteiger partial charge in [-0.3, -0.25) is 9.59 Å². The molecule has 0 aliphatic carbocycles. The van der Waals surface area contributed by atoms with Crippen LogP contribution in [-0.2, 0) is 9.59 Å². The molecule has 0 bridgehead atoms. The monoisotopic (exact) mass is 317 g/mol. The van der Waals surface area contributed by atoms with Crippen molar-refractivity contribution >= 4 is 39.6 Å². The molecule has 0 radical (unpaired) electrons. The lowest BCUT2D eigenvalue weighted by Crippen LogP contribution is -2.39. The van der Waals surface area contributed by atoms with E-state index in [4.69, 9.17) is 5.11 Å². The van der Waals surface area contributed by atoms with E-state index in [0.717, 1.165) is 9.37 Å². The molecular formula is C11H12BrNO3S. The van der Waals surface area contributed by atoms with Crippen LogP contribution in [0.5, 0.6) is 0 Å². The molecule has 92 valence electrons. The molecule has 6 heteroatoms. The molecule has 4 nitrogen and oxygen atoms in total. The Kier molecular flexibility index (Phi) is 5.50. The fourth-order valence-corrected chi connectivity index (χ4v) is 2.00. The number of carboxylic acid groups (broad SMARTS) is 1. The molecule has 0 fully saturated rings. The van der Waals surface area contributed by atoms with Crippen molar-refractivity contribution in [3.8, 4) is 0 Å². The van der Waals surface area contributed by atoms with Crippen LogP contribution in [0.2, 0.25) is 0 Å². The summed E-state index contributed by atoms with van der Waals surface area (Å²) >= 11 is 4.69. The third-order valence-corrected chi connectivity index (χ3v) is 3.47. The molecular weight excluding hydrogens is 306 g/mol. The minimum atomic E-state index is -1.04. The third kappa shape index (κ3) is 5.23. The number of thioether (sulfide) groups is 1. The van der Waals surface area contributed by atoms with E-state index in [2.05, 4.69) is 21.2 Å². The maximum Gasteiger partial charge on any atom is 0.325 e. The number of rotatable bonds is 5. The molecule has 17 heavy (non-hydrogen) atoms. The van der Waals surface area contributed by atoms with Crippen molar-refractivity contribution in [2.75, 3.05) is 5.75 Å². The predicted molar refractivity (Wildman–Crippen MR) is 70.1 cm³/mol. The zero-order chi connectivity index (χ0) is 12.8. The molecule has 0 aliphatic heterocycles. The summed E-state index contributed by atoms with van der Waals surface area (Å²) in [5.41, 5.74) is 0. The summed E-state index contributed by atoms with van der Waals surface area (Å²) in [5, 5.41) is 11.0. The van der Waals surface area contributed by atoms with Crippen LogP contribution in [0.4, 0.5) is 0 Å². The van der Waals surface area contributed by atoms with Gasteiger partial charge in [-0.15, -0.1) is 11.8 Å². The second-order valence-electron chi connectivity index (χ2n) is 3.37. The number of carbonyl (C=O) groups excluding carboxylic acids is 1. The number of halogens is 1. The van der Waals surface area contributed by atoms with Gasteiger partial charge in [0.05, 0.1) is 5.75 Å². The lowest BCUT2D eigenvalue weighted by Gasteiger charge is -2.08. The van der Waals surface area contributed by atoms with E-state index in [9.17, 15) is 9.59 Å². The Morgan fingerprint density at radius 3 is 2.53 bits per heavy atom. The molecule has 2 N–H and O–H groups in total. The van der Waals surface area contributed by atoms with Crippen molar-refractivity contribution in [2.45, 2.75) is 17.9 Å². The lowest BCUT2D eigenvalue weighted by atomic mass is 10.3. The number of benzene rings is 1. The van der Waals surface area contributed by atoms with Crippen LogP contribution in [0.3, 0.4) is 0 Å². The van der Waals surface area contributed by atoms with Crippen LogP contribution < -0.4 is 5.32 Å². The highest BCUT2D eigenvalue weighted by atomic mass is 79.9. The second kappa shape index (κ2) is 6.66. The molecule has 1 unspecified atom stereocenters. The van der Waals surface area contributed by atoms with Gasteiger partial charge in [-0.25, -0.2) is 0 Å². The van der Waals surface area contributed by atoms with Gasteiger partial charge in [-0.2, -0.15) is 0 Å². The SMILES string of the molecule is CC(NC(=O)CSc1ccc(Br)cc1)C(=O)O. The van der Waals surface area contributed by atoms with Gasteiger partial charge in [0, 0.05) is 9.37 Å². The fourth-order valence-electron chi connectivity index (χ4n) is 1.02. The van der Waals surface area contributed by atoms with E-state index in [1.807, 2.05) is 24.3 Å². The second-order valence-corrected chi connectivity index (χ2v) is 5.33. The standard InChI is InChI=1S/C11H12BrNO3S/c1-7(11(15)16)13-10(14)6-17-9-4-2-8(12)3-5-9/h2-5,7H,6H2,1H3,(H,13,14)(H,15,16). The number of aliphatic carboxylic acids is 1. The summed E-state index contributed by atoms with van der Waals surface area (Å²) in [6.45, 7) is 1.44. The van der Waals surface area contributed by atoms with E-state index >= 15 is 0 Å². The highest BCUT2D eigenvalue weighted by molar-refractivity contribution is 9.10. The van der Waals surface area contributed by atoms with Gasteiger partial charge < -0.3 is 10.4 Å². The Bertz CT molecular complexity index is 408. The van der Waals surface area contributed by atoms with E-state index in [1.54, 1.807) is 0 Å². The number of nitrogens with one attached hydrogen (secondary N) is 1. The summed E-state index contributed by atoms with van der Waals surface area (Å²) in [6, 6.07) is 6.71. The number of carboxylic acids is 1. The van der Waals surface area contributed by atoms with Crippen molar-refractivity contribution in [1.29, 1.82) is 0 Å². The molecule has 0 saturated heterocycles. The first-order chi connectivity index (χ1) is 7.99. The maximum atomic E-state index is 11.4. The number of carbonyl (C=O) groups is 2. The molecule has 0 heterocycles. The smallest absolute Gasteiger partial charge is 0.325 e. The number of hydrogen-bond acceptors (Lipinski definition) is 3. The first kappa shape index (κ1) is 14.1. The summed E-state index contributed by atoms with van der Waals surface area (Å²) in [6.07, 6.45) is 0. The van der Waals surface area contributed by atoms with E-state index < -0.39 is 12.0 Å². The Hall–Kier alpha value is -1.01. The lowest BCUT2D eigenvalue weighted by molar-refractivity contribution is -0.140. The van der Waals surface area contributed by atoms with Gasteiger partial charge in [0.15, 0.2) is 0 Å². The van der Waals surface area contributed by atoms with Gasteiger partial charge in [0.2, 0.25) is 5.91 Å². The molecule has 0 aromatic heterocycles. The van der Waals surface area contributed by atoms with Crippen LogP contribution in [0, 0.1) is 0 Å². The number of amides is 1. The predicted octanol–water partition coefficient (Wildman–Crippen LogP) is 2.13. The molecule has 1 aromatic carbocycles. The Balaban J connectivity index is 2.38. The zero-order valence-electron chi connectivity index (χ0n) is 9.14.